The van der Waals surface area contributed by atoms with Crippen molar-refractivity contribution in [2.75, 3.05) is 6.79 Å². The van der Waals surface area contributed by atoms with Gasteiger partial charge in [-0.05, 0) is 49.6 Å². The molecule has 2 aromatic heterocycles. The van der Waals surface area contributed by atoms with Crippen molar-refractivity contribution in [3.05, 3.63) is 60.4 Å². The van der Waals surface area contributed by atoms with Gasteiger partial charge in [0.05, 0.1) is 0 Å². The number of hydrogen-bond donors (Lipinski definition) is 0. The number of nitrogens with zero attached hydrogens (tertiary/aromatic N) is 1. The molecule has 0 N–H and O–H groups in total. The molecule has 0 amide bonds. The molecular weight excluding hydrogens is 354 g/mol. The number of furan rings is 1. The van der Waals surface area contributed by atoms with E-state index in [0.29, 0.717) is 16.9 Å². The summed E-state index contributed by atoms with van der Waals surface area (Å²) >= 11 is 0. The number of carbonyl (C=O) groups excluding carboxylic acids is 1. The van der Waals surface area contributed by atoms with E-state index in [0.717, 1.165) is 29.6 Å². The molecule has 0 atom stereocenters. The normalized spacial score (nSPS) is 10.8. The van der Waals surface area contributed by atoms with Crippen LogP contribution in [0.4, 0.5) is 0 Å². The molecule has 146 valence electrons. The van der Waals surface area contributed by atoms with Gasteiger partial charge in [0.25, 0.3) is 0 Å². The number of esters is 1. The van der Waals surface area contributed by atoms with Gasteiger partial charge in [0.2, 0.25) is 6.79 Å². The zero-order valence-electron chi connectivity index (χ0n) is 16.4. The third-order valence-electron chi connectivity index (χ3n) is 4.48. The summed E-state index contributed by atoms with van der Waals surface area (Å²) in [4.78, 5) is 15.7. The minimum Gasteiger partial charge on any atom is -0.457 e. The maximum absolute atomic E-state index is 11.4. The Morgan fingerprint density at radius 3 is 2.86 bits per heavy atom. The fourth-order valence-corrected chi connectivity index (χ4v) is 2.94. The molecule has 5 heteroatoms. The van der Waals surface area contributed by atoms with Crippen molar-refractivity contribution in [1.82, 2.24) is 4.98 Å². The van der Waals surface area contributed by atoms with Crippen LogP contribution in [0.2, 0.25) is 0 Å². The van der Waals surface area contributed by atoms with Crippen LogP contribution in [0.3, 0.4) is 0 Å². The van der Waals surface area contributed by atoms with E-state index in [-0.39, 0.29) is 6.79 Å². The maximum atomic E-state index is 11.4. The van der Waals surface area contributed by atoms with Crippen molar-refractivity contribution in [3.8, 4) is 17.1 Å². The van der Waals surface area contributed by atoms with E-state index in [1.54, 1.807) is 13.0 Å². The van der Waals surface area contributed by atoms with Crippen molar-refractivity contribution in [1.29, 1.82) is 0 Å². The van der Waals surface area contributed by atoms with Crippen LogP contribution in [0.5, 0.6) is 5.75 Å². The highest BCUT2D eigenvalue weighted by Crippen LogP contribution is 2.32. The van der Waals surface area contributed by atoms with Gasteiger partial charge in [-0.25, -0.2) is 4.79 Å². The van der Waals surface area contributed by atoms with Gasteiger partial charge < -0.3 is 13.9 Å². The van der Waals surface area contributed by atoms with Gasteiger partial charge in [0.15, 0.2) is 0 Å². The Bertz CT molecular complexity index is 974. The van der Waals surface area contributed by atoms with E-state index < -0.39 is 5.97 Å². The Kier molecular flexibility index (Phi) is 6.48. The number of aryl methyl sites for hydroxylation is 1. The van der Waals surface area contributed by atoms with Crippen molar-refractivity contribution in [2.24, 2.45) is 0 Å². The van der Waals surface area contributed by atoms with Crippen LogP contribution >= 0.6 is 0 Å². The molecule has 0 saturated carbocycles. The first-order chi connectivity index (χ1) is 13.6. The lowest BCUT2D eigenvalue weighted by molar-refractivity contribution is -0.145. The second-order valence-electron chi connectivity index (χ2n) is 6.77. The van der Waals surface area contributed by atoms with Gasteiger partial charge in [-0.15, -0.1) is 0 Å². The molecule has 0 spiro atoms. The second-order valence-corrected chi connectivity index (χ2v) is 6.77. The topological polar surface area (TPSA) is 61.6 Å². The Balaban J connectivity index is 1.76. The van der Waals surface area contributed by atoms with E-state index in [9.17, 15) is 4.79 Å². The number of benzene rings is 1. The second kappa shape index (κ2) is 9.22. The van der Waals surface area contributed by atoms with E-state index in [1.807, 2.05) is 30.6 Å². The van der Waals surface area contributed by atoms with Crippen LogP contribution in [0.25, 0.3) is 22.3 Å². The number of fused-ring (bicyclic) bond motifs is 1. The van der Waals surface area contributed by atoms with Crippen molar-refractivity contribution in [2.45, 2.75) is 39.5 Å². The fourth-order valence-electron chi connectivity index (χ4n) is 2.94. The average molecular weight is 379 g/mol. The molecule has 3 rings (SSSR count). The Morgan fingerprint density at radius 2 is 2.07 bits per heavy atom. The molecule has 0 radical (unpaired) electrons. The molecule has 0 unspecified atom stereocenters. The first kappa shape index (κ1) is 19.7. The highest BCUT2D eigenvalue weighted by atomic mass is 16.7. The number of hydrogen-bond acceptors (Lipinski definition) is 5. The van der Waals surface area contributed by atoms with E-state index >= 15 is 0 Å². The third kappa shape index (κ3) is 4.80. The van der Waals surface area contributed by atoms with Gasteiger partial charge in [-0.3, -0.25) is 4.98 Å². The zero-order valence-corrected chi connectivity index (χ0v) is 16.4. The van der Waals surface area contributed by atoms with Crippen molar-refractivity contribution < 1.29 is 18.7 Å². The van der Waals surface area contributed by atoms with Gasteiger partial charge in [0.1, 0.15) is 17.1 Å². The molecule has 0 aliphatic carbocycles. The van der Waals surface area contributed by atoms with Crippen molar-refractivity contribution in [3.63, 3.8) is 0 Å². The summed E-state index contributed by atoms with van der Waals surface area (Å²) in [6, 6.07) is 9.61. The lowest BCUT2D eigenvalue weighted by Gasteiger charge is -2.07. The standard InChI is InChI=1S/C23H25NO4/c1-4-5-6-7-17-10-11-24-14-20(17)22-12-18-8-9-19(13-21(18)28-22)26-15-27-23(25)16(2)3/h8-14H,2,4-7,15H2,1,3H3. The summed E-state index contributed by atoms with van der Waals surface area (Å²) in [7, 11) is 0. The summed E-state index contributed by atoms with van der Waals surface area (Å²) in [6.07, 6.45) is 8.23. The summed E-state index contributed by atoms with van der Waals surface area (Å²) in [5.41, 5.74) is 3.31. The van der Waals surface area contributed by atoms with Crippen LogP contribution in [0.1, 0.15) is 38.7 Å². The molecule has 0 aliphatic heterocycles. The van der Waals surface area contributed by atoms with Crippen LogP contribution in [0.15, 0.2) is 59.3 Å². The zero-order chi connectivity index (χ0) is 19.9. The molecule has 5 nitrogen and oxygen atoms in total. The predicted molar refractivity (Wildman–Crippen MR) is 109 cm³/mol. The Morgan fingerprint density at radius 1 is 1.21 bits per heavy atom. The van der Waals surface area contributed by atoms with Crippen LogP contribution < -0.4 is 4.74 Å². The minimum atomic E-state index is -0.478. The summed E-state index contributed by atoms with van der Waals surface area (Å²) in [5.74, 6) is 0.881. The molecule has 1 aromatic carbocycles. The number of rotatable bonds is 9. The molecule has 0 aliphatic rings. The molecular formula is C23H25NO4. The van der Waals surface area contributed by atoms with E-state index in [4.69, 9.17) is 13.9 Å². The smallest absolute Gasteiger partial charge is 0.335 e. The van der Waals surface area contributed by atoms with Gasteiger partial charge in [-0.1, -0.05) is 26.3 Å². The maximum Gasteiger partial charge on any atom is 0.335 e. The highest BCUT2D eigenvalue weighted by molar-refractivity contribution is 5.87. The number of aromatic nitrogens is 1. The van der Waals surface area contributed by atoms with E-state index in [1.165, 1.54) is 18.4 Å². The first-order valence-corrected chi connectivity index (χ1v) is 9.50. The third-order valence-corrected chi connectivity index (χ3v) is 4.48. The molecule has 28 heavy (non-hydrogen) atoms. The Hall–Kier alpha value is -3.08. The monoisotopic (exact) mass is 379 g/mol. The molecule has 2 heterocycles. The van der Waals surface area contributed by atoms with Gasteiger partial charge in [-0.2, -0.15) is 0 Å². The predicted octanol–water partition coefficient (Wildman–Crippen LogP) is 5.68. The van der Waals surface area contributed by atoms with Crippen LogP contribution in [-0.2, 0) is 16.0 Å². The summed E-state index contributed by atoms with van der Waals surface area (Å²) in [6.45, 7) is 7.15. The number of carbonyl (C=O) groups is 1. The number of unbranched alkanes of at least 4 members (excludes halogenated alkanes) is 2. The van der Waals surface area contributed by atoms with E-state index in [2.05, 4.69) is 24.6 Å². The number of ether oxygens (including phenoxy) is 2. The lowest BCUT2D eigenvalue weighted by atomic mass is 10.0. The SMILES string of the molecule is C=C(C)C(=O)OCOc1ccc2cc(-c3cnccc3CCCCC)oc2c1. The molecule has 0 saturated heterocycles. The van der Waals surface area contributed by atoms with Crippen LogP contribution in [-0.4, -0.2) is 17.7 Å². The average Bonchev–Trinajstić information content (AvgIpc) is 3.11. The summed E-state index contributed by atoms with van der Waals surface area (Å²) in [5, 5.41) is 0.977. The lowest BCUT2D eigenvalue weighted by Crippen LogP contribution is -2.10. The largest absolute Gasteiger partial charge is 0.457 e. The minimum absolute atomic E-state index is 0.172. The quantitative estimate of drug-likeness (QED) is 0.207. The fraction of sp³-hybridized carbons (Fsp3) is 0.304. The highest BCUT2D eigenvalue weighted by Gasteiger charge is 2.12. The Labute approximate surface area is 165 Å². The first-order valence-electron chi connectivity index (χ1n) is 9.50. The molecule has 0 bridgehead atoms. The molecule has 3 aromatic rings. The molecule has 0 fully saturated rings. The van der Waals surface area contributed by atoms with Crippen molar-refractivity contribution >= 4 is 16.9 Å². The number of pyridine rings is 1. The van der Waals surface area contributed by atoms with Gasteiger partial charge >= 0.3 is 5.97 Å². The summed E-state index contributed by atoms with van der Waals surface area (Å²) < 4.78 is 16.5. The van der Waals surface area contributed by atoms with Gasteiger partial charge in [0, 0.05) is 35.0 Å². The van der Waals surface area contributed by atoms with Crippen LogP contribution in [0, 0.1) is 0 Å².